The number of carbonyl (C=O) groups excluding carboxylic acids is 1. The smallest absolute Gasteiger partial charge is 0.325 e. The summed E-state index contributed by atoms with van der Waals surface area (Å²) in [5, 5.41) is 4.34. The van der Waals surface area contributed by atoms with Gasteiger partial charge in [0.2, 0.25) is 0 Å². The highest BCUT2D eigenvalue weighted by atomic mass is 32.1. The van der Waals surface area contributed by atoms with E-state index in [0.717, 1.165) is 23.5 Å². The Hall–Kier alpha value is -1.63. The molecular formula is C13H22N4O2S. The molecule has 0 bridgehead atoms. The van der Waals surface area contributed by atoms with Crippen LogP contribution in [0.15, 0.2) is 0 Å². The largest absolute Gasteiger partial charge is 0.465 e. The predicted molar refractivity (Wildman–Crippen MR) is 83.0 cm³/mol. The van der Waals surface area contributed by atoms with Crippen LogP contribution in [0.1, 0.15) is 31.5 Å². The minimum absolute atomic E-state index is 0.163. The fraction of sp³-hybridized carbons (Fsp3) is 0.615. The molecule has 0 radical (unpaired) electrons. The van der Waals surface area contributed by atoms with Gasteiger partial charge in [0.1, 0.15) is 17.4 Å². The number of aromatic nitrogens is 2. The molecule has 1 aromatic rings. The maximum atomic E-state index is 11.7. The normalized spacial score (nSPS) is 10.4. The second kappa shape index (κ2) is 7.23. The molecule has 0 saturated carbocycles. The lowest BCUT2D eigenvalue weighted by Crippen LogP contribution is -2.34. The van der Waals surface area contributed by atoms with Gasteiger partial charge in [-0.05, 0) is 20.3 Å². The second-order valence-corrected chi connectivity index (χ2v) is 4.94. The summed E-state index contributed by atoms with van der Waals surface area (Å²) in [4.78, 5) is 13.9. The molecule has 6 nitrogen and oxygen atoms in total. The minimum Gasteiger partial charge on any atom is -0.465 e. The molecule has 1 heterocycles. The number of thiocarbonyl (C=S) groups is 1. The lowest BCUT2D eigenvalue weighted by molar-refractivity contribution is -0.141. The summed E-state index contributed by atoms with van der Waals surface area (Å²) >= 11 is 5.10. The minimum atomic E-state index is -0.270. The van der Waals surface area contributed by atoms with E-state index in [2.05, 4.69) is 5.10 Å². The number of ether oxygens (including phenoxy) is 1. The summed E-state index contributed by atoms with van der Waals surface area (Å²) in [5.41, 5.74) is 7.27. The van der Waals surface area contributed by atoms with Crippen molar-refractivity contribution in [2.24, 2.45) is 12.8 Å². The Labute approximate surface area is 124 Å². The number of nitrogens with zero attached hydrogens (tertiary/aromatic N) is 3. The van der Waals surface area contributed by atoms with E-state index in [-0.39, 0.29) is 17.5 Å². The van der Waals surface area contributed by atoms with Crippen molar-refractivity contribution in [3.63, 3.8) is 0 Å². The first-order chi connectivity index (χ1) is 9.42. The summed E-state index contributed by atoms with van der Waals surface area (Å²) < 4.78 is 6.72. The van der Waals surface area contributed by atoms with Crippen molar-refractivity contribution in [2.75, 3.05) is 24.6 Å². The molecule has 0 amide bonds. The number of anilines is 1. The first-order valence-corrected chi connectivity index (χ1v) is 7.07. The van der Waals surface area contributed by atoms with E-state index in [1.165, 1.54) is 0 Å². The molecule has 0 aromatic carbocycles. The quantitative estimate of drug-likeness (QED) is 0.601. The highest BCUT2D eigenvalue weighted by Gasteiger charge is 2.22. The standard InChI is InChI=1S/C13H22N4O2S/c1-5-7-17(8-10(18)19-6-2)13-11(12(14)20)9(3)15-16(13)4/h5-8H2,1-4H3,(H2,14,20). The zero-order valence-corrected chi connectivity index (χ0v) is 13.3. The first-order valence-electron chi connectivity index (χ1n) is 6.66. The van der Waals surface area contributed by atoms with E-state index in [0.29, 0.717) is 13.2 Å². The molecule has 1 aromatic heterocycles. The summed E-state index contributed by atoms with van der Waals surface area (Å²) in [6.45, 7) is 6.92. The number of rotatable bonds is 7. The average molecular weight is 298 g/mol. The Bertz CT molecular complexity index is 499. The van der Waals surface area contributed by atoms with Gasteiger partial charge >= 0.3 is 5.97 Å². The second-order valence-electron chi connectivity index (χ2n) is 4.50. The van der Waals surface area contributed by atoms with E-state index < -0.39 is 0 Å². The van der Waals surface area contributed by atoms with Crippen LogP contribution < -0.4 is 10.6 Å². The lowest BCUT2D eigenvalue weighted by Gasteiger charge is -2.24. The summed E-state index contributed by atoms with van der Waals surface area (Å²) in [6.07, 6.45) is 0.889. The van der Waals surface area contributed by atoms with Crippen molar-refractivity contribution in [2.45, 2.75) is 27.2 Å². The molecule has 0 aliphatic rings. The predicted octanol–water partition coefficient (Wildman–Crippen LogP) is 1.14. The maximum Gasteiger partial charge on any atom is 0.325 e. The van der Waals surface area contributed by atoms with Gasteiger partial charge in [0.25, 0.3) is 0 Å². The maximum absolute atomic E-state index is 11.7. The van der Waals surface area contributed by atoms with Crippen molar-refractivity contribution in [3.05, 3.63) is 11.3 Å². The molecule has 0 fully saturated rings. The molecule has 0 spiro atoms. The van der Waals surface area contributed by atoms with Gasteiger partial charge in [-0.1, -0.05) is 19.1 Å². The van der Waals surface area contributed by atoms with E-state index in [4.69, 9.17) is 22.7 Å². The number of nitrogens with two attached hydrogens (primary N) is 1. The third-order valence-corrected chi connectivity index (χ3v) is 3.06. The monoisotopic (exact) mass is 298 g/mol. The Morgan fingerprint density at radius 3 is 2.65 bits per heavy atom. The molecule has 0 unspecified atom stereocenters. The van der Waals surface area contributed by atoms with Gasteiger partial charge in [0.05, 0.1) is 17.9 Å². The van der Waals surface area contributed by atoms with Crippen LogP contribution in [0, 0.1) is 6.92 Å². The van der Waals surface area contributed by atoms with Crippen LogP contribution in [0.3, 0.4) is 0 Å². The third-order valence-electron chi connectivity index (χ3n) is 2.86. The van der Waals surface area contributed by atoms with Crippen molar-refractivity contribution < 1.29 is 9.53 Å². The summed E-state index contributed by atoms with van der Waals surface area (Å²) in [6, 6.07) is 0. The third kappa shape index (κ3) is 3.69. The van der Waals surface area contributed by atoms with E-state index >= 15 is 0 Å². The van der Waals surface area contributed by atoms with Gasteiger partial charge < -0.3 is 15.4 Å². The molecular weight excluding hydrogens is 276 g/mol. The molecule has 0 atom stereocenters. The molecule has 0 aliphatic carbocycles. The molecule has 0 saturated heterocycles. The molecule has 20 heavy (non-hydrogen) atoms. The highest BCUT2D eigenvalue weighted by molar-refractivity contribution is 7.80. The van der Waals surface area contributed by atoms with Gasteiger partial charge in [-0.3, -0.25) is 9.48 Å². The van der Waals surface area contributed by atoms with Crippen LogP contribution in [0.5, 0.6) is 0 Å². The first kappa shape index (κ1) is 16.4. The van der Waals surface area contributed by atoms with Crippen molar-refractivity contribution in [1.82, 2.24) is 9.78 Å². The zero-order valence-electron chi connectivity index (χ0n) is 12.5. The van der Waals surface area contributed by atoms with E-state index in [9.17, 15) is 4.79 Å². The number of aryl methyl sites for hydroxylation is 2. The van der Waals surface area contributed by atoms with Crippen LogP contribution in [0.2, 0.25) is 0 Å². The lowest BCUT2D eigenvalue weighted by atomic mass is 10.2. The summed E-state index contributed by atoms with van der Waals surface area (Å²) in [7, 11) is 1.82. The van der Waals surface area contributed by atoms with Crippen LogP contribution in [-0.2, 0) is 16.6 Å². The Morgan fingerprint density at radius 1 is 1.50 bits per heavy atom. The van der Waals surface area contributed by atoms with E-state index in [1.807, 2.05) is 25.8 Å². The number of carbonyl (C=O) groups is 1. The van der Waals surface area contributed by atoms with Gasteiger partial charge in [-0.2, -0.15) is 5.10 Å². The number of esters is 1. The van der Waals surface area contributed by atoms with Crippen LogP contribution in [0.25, 0.3) is 0 Å². The fourth-order valence-electron chi connectivity index (χ4n) is 2.19. The van der Waals surface area contributed by atoms with Crippen LogP contribution in [0.4, 0.5) is 5.82 Å². The zero-order chi connectivity index (χ0) is 15.3. The van der Waals surface area contributed by atoms with Crippen molar-refractivity contribution in [1.29, 1.82) is 0 Å². The van der Waals surface area contributed by atoms with Crippen LogP contribution in [-0.4, -0.2) is 40.4 Å². The Kier molecular flexibility index (Phi) is 5.94. The molecule has 112 valence electrons. The van der Waals surface area contributed by atoms with Crippen molar-refractivity contribution in [3.8, 4) is 0 Å². The van der Waals surface area contributed by atoms with Crippen LogP contribution >= 0.6 is 12.2 Å². The van der Waals surface area contributed by atoms with Gasteiger partial charge in [0, 0.05) is 13.6 Å². The van der Waals surface area contributed by atoms with Gasteiger partial charge in [0.15, 0.2) is 0 Å². The average Bonchev–Trinajstić information content (AvgIpc) is 2.64. The number of hydrogen-bond acceptors (Lipinski definition) is 5. The Balaban J connectivity index is 3.14. The van der Waals surface area contributed by atoms with Gasteiger partial charge in [-0.15, -0.1) is 0 Å². The molecule has 2 N–H and O–H groups in total. The SMILES string of the molecule is CCCN(CC(=O)OCC)c1c(C(N)=S)c(C)nn1C. The fourth-order valence-corrected chi connectivity index (χ4v) is 2.43. The molecule has 7 heteroatoms. The number of hydrogen-bond donors (Lipinski definition) is 1. The molecule has 1 rings (SSSR count). The Morgan fingerprint density at radius 2 is 2.15 bits per heavy atom. The van der Waals surface area contributed by atoms with Crippen molar-refractivity contribution >= 4 is 29.0 Å². The van der Waals surface area contributed by atoms with Gasteiger partial charge in [-0.25, -0.2) is 0 Å². The molecule has 0 aliphatic heterocycles. The highest BCUT2D eigenvalue weighted by Crippen LogP contribution is 2.23. The topological polar surface area (TPSA) is 73.4 Å². The summed E-state index contributed by atoms with van der Waals surface area (Å²) in [5.74, 6) is 0.499. The van der Waals surface area contributed by atoms with E-state index in [1.54, 1.807) is 11.6 Å².